The van der Waals surface area contributed by atoms with E-state index in [-0.39, 0.29) is 24.0 Å². The molecule has 1 atom stereocenters. The molecule has 0 aliphatic carbocycles. The summed E-state index contributed by atoms with van der Waals surface area (Å²) in [7, 11) is 0. The van der Waals surface area contributed by atoms with Gasteiger partial charge in [-0.05, 0) is 38.9 Å². The van der Waals surface area contributed by atoms with E-state index in [0.717, 1.165) is 38.4 Å². The number of rotatable bonds is 7. The summed E-state index contributed by atoms with van der Waals surface area (Å²) in [5.74, 6) is 2.21. The Morgan fingerprint density at radius 1 is 1.39 bits per heavy atom. The molecule has 1 aromatic rings. The molecule has 0 amide bonds. The van der Waals surface area contributed by atoms with Crippen LogP contribution in [0.1, 0.15) is 43.5 Å². The highest BCUT2D eigenvalue weighted by molar-refractivity contribution is 14.0. The third kappa shape index (κ3) is 7.17. The average molecular weight is 468 g/mol. The molecule has 2 N–H and O–H groups in total. The Morgan fingerprint density at radius 3 is 2.83 bits per heavy atom. The quantitative estimate of drug-likeness (QED) is 0.364. The van der Waals surface area contributed by atoms with Gasteiger partial charge in [-0.3, -0.25) is 4.99 Å². The Morgan fingerprint density at radius 2 is 2.22 bits per heavy atom. The van der Waals surface area contributed by atoms with Gasteiger partial charge in [0.05, 0.1) is 11.6 Å². The number of nitrogens with zero attached hydrogens (tertiary/aromatic N) is 2. The number of aryl methyl sites for hydroxylation is 1. The molecule has 1 aliphatic heterocycles. The average Bonchev–Trinajstić information content (AvgIpc) is 3.14. The molecular weight excluding hydrogens is 439 g/mol. The number of hydrogen-bond donors (Lipinski definition) is 2. The number of thioether (sulfide) groups is 1. The van der Waals surface area contributed by atoms with Crippen molar-refractivity contribution in [2.24, 2.45) is 4.99 Å². The largest absolute Gasteiger partial charge is 0.357 e. The van der Waals surface area contributed by atoms with E-state index in [1.807, 2.05) is 17.5 Å². The summed E-state index contributed by atoms with van der Waals surface area (Å²) < 4.78 is 0.327. The van der Waals surface area contributed by atoms with Crippen molar-refractivity contribution < 1.29 is 0 Å². The molecule has 2 rings (SSSR count). The van der Waals surface area contributed by atoms with Gasteiger partial charge in [-0.15, -0.1) is 35.3 Å². The second-order valence-electron chi connectivity index (χ2n) is 5.85. The maximum absolute atomic E-state index is 4.78. The van der Waals surface area contributed by atoms with Crippen molar-refractivity contribution in [3.05, 3.63) is 16.1 Å². The fourth-order valence-electron chi connectivity index (χ4n) is 2.46. The van der Waals surface area contributed by atoms with E-state index in [9.17, 15) is 0 Å². The van der Waals surface area contributed by atoms with Crippen LogP contribution in [0.2, 0.25) is 0 Å². The zero-order valence-electron chi connectivity index (χ0n) is 14.4. The topological polar surface area (TPSA) is 49.3 Å². The van der Waals surface area contributed by atoms with Crippen molar-refractivity contribution in [3.8, 4) is 0 Å². The van der Waals surface area contributed by atoms with Crippen LogP contribution < -0.4 is 10.6 Å². The highest BCUT2D eigenvalue weighted by atomic mass is 127. The lowest BCUT2D eigenvalue weighted by Crippen LogP contribution is -2.39. The minimum atomic E-state index is 0. The predicted octanol–water partition coefficient (Wildman–Crippen LogP) is 3.71. The van der Waals surface area contributed by atoms with Crippen molar-refractivity contribution in [3.63, 3.8) is 0 Å². The summed E-state index contributed by atoms with van der Waals surface area (Å²) in [4.78, 5) is 10.6. The normalized spacial score (nSPS) is 21.1. The predicted molar refractivity (Wildman–Crippen MR) is 115 cm³/mol. The van der Waals surface area contributed by atoms with Gasteiger partial charge in [0, 0.05) is 35.3 Å². The molecule has 1 aromatic heterocycles. The van der Waals surface area contributed by atoms with Gasteiger partial charge in [-0.2, -0.15) is 11.8 Å². The van der Waals surface area contributed by atoms with E-state index in [1.54, 1.807) is 0 Å². The maximum Gasteiger partial charge on any atom is 0.191 e. The first kappa shape index (κ1) is 21.0. The Kier molecular flexibility index (Phi) is 9.84. The first-order chi connectivity index (χ1) is 10.6. The molecule has 0 saturated carbocycles. The standard InChI is InChI=1S/C16H28N4S2.HI/c1-4-13-11-19-14(22-13)7-9-18-15(17-5-2)20-12-16(3)8-6-10-21-16;/h11H,4-10,12H2,1-3H3,(H2,17,18,20);1H. The number of guanidine groups is 1. The van der Waals surface area contributed by atoms with E-state index in [4.69, 9.17) is 4.99 Å². The molecule has 1 aliphatic rings. The van der Waals surface area contributed by atoms with Gasteiger partial charge in [-0.25, -0.2) is 4.98 Å². The molecule has 0 spiro atoms. The van der Waals surface area contributed by atoms with Crippen LogP contribution in [0.4, 0.5) is 0 Å². The van der Waals surface area contributed by atoms with Crippen molar-refractivity contribution in [2.45, 2.75) is 51.2 Å². The first-order valence-corrected chi connectivity index (χ1v) is 10.0. The van der Waals surface area contributed by atoms with E-state index in [0.29, 0.717) is 4.75 Å². The van der Waals surface area contributed by atoms with Gasteiger partial charge >= 0.3 is 0 Å². The van der Waals surface area contributed by atoms with Crippen molar-refractivity contribution >= 4 is 53.0 Å². The first-order valence-electron chi connectivity index (χ1n) is 8.25. The SMILES string of the molecule is CCNC(=NCC1(C)CCCS1)NCCc1ncc(CC)s1.I. The molecular formula is C16H29IN4S2. The molecule has 4 nitrogen and oxygen atoms in total. The number of halogens is 1. The Hall–Kier alpha value is -0.0200. The maximum atomic E-state index is 4.78. The summed E-state index contributed by atoms with van der Waals surface area (Å²) in [6, 6.07) is 0. The van der Waals surface area contributed by atoms with Crippen molar-refractivity contribution in [2.75, 3.05) is 25.4 Å². The lowest BCUT2D eigenvalue weighted by molar-refractivity contribution is 0.614. The van der Waals surface area contributed by atoms with Gasteiger partial charge < -0.3 is 10.6 Å². The van der Waals surface area contributed by atoms with E-state index < -0.39 is 0 Å². The molecule has 23 heavy (non-hydrogen) atoms. The molecule has 0 radical (unpaired) electrons. The molecule has 0 bridgehead atoms. The monoisotopic (exact) mass is 468 g/mol. The fraction of sp³-hybridized carbons (Fsp3) is 0.750. The van der Waals surface area contributed by atoms with Crippen molar-refractivity contribution in [1.82, 2.24) is 15.6 Å². The van der Waals surface area contributed by atoms with Crippen LogP contribution in [0.25, 0.3) is 0 Å². The van der Waals surface area contributed by atoms with Gasteiger partial charge in [0.1, 0.15) is 0 Å². The molecule has 2 heterocycles. The second-order valence-corrected chi connectivity index (χ2v) is 8.73. The van der Waals surface area contributed by atoms with Gasteiger partial charge in [-0.1, -0.05) is 6.92 Å². The van der Waals surface area contributed by atoms with Crippen LogP contribution in [0, 0.1) is 0 Å². The zero-order chi connectivity index (χ0) is 15.8. The van der Waals surface area contributed by atoms with Gasteiger partial charge in [0.25, 0.3) is 0 Å². The molecule has 0 aromatic carbocycles. The number of aromatic nitrogens is 1. The second kappa shape index (κ2) is 10.8. The van der Waals surface area contributed by atoms with Crippen LogP contribution in [-0.2, 0) is 12.8 Å². The third-order valence-electron chi connectivity index (χ3n) is 3.80. The highest BCUT2D eigenvalue weighted by Gasteiger charge is 2.29. The van der Waals surface area contributed by atoms with Crippen LogP contribution in [0.5, 0.6) is 0 Å². The number of thiazole rings is 1. The van der Waals surface area contributed by atoms with Crippen LogP contribution in [0.15, 0.2) is 11.2 Å². The summed E-state index contributed by atoms with van der Waals surface area (Å²) >= 11 is 3.88. The van der Waals surface area contributed by atoms with Crippen LogP contribution in [0.3, 0.4) is 0 Å². The van der Waals surface area contributed by atoms with E-state index >= 15 is 0 Å². The Bertz CT molecular complexity index is 484. The van der Waals surface area contributed by atoms with Crippen molar-refractivity contribution in [1.29, 1.82) is 0 Å². The molecule has 7 heteroatoms. The minimum Gasteiger partial charge on any atom is -0.357 e. The molecule has 1 saturated heterocycles. The summed E-state index contributed by atoms with van der Waals surface area (Å²) in [5, 5.41) is 7.98. The molecule has 132 valence electrons. The van der Waals surface area contributed by atoms with Gasteiger partial charge in [0.2, 0.25) is 0 Å². The van der Waals surface area contributed by atoms with Gasteiger partial charge in [0.15, 0.2) is 5.96 Å². The Labute approximate surface area is 165 Å². The summed E-state index contributed by atoms with van der Waals surface area (Å²) in [6.45, 7) is 9.29. The molecule has 1 fully saturated rings. The lowest BCUT2D eigenvalue weighted by atomic mass is 10.1. The van der Waals surface area contributed by atoms with Crippen LogP contribution in [-0.4, -0.2) is 41.1 Å². The Balaban J connectivity index is 0.00000264. The summed E-state index contributed by atoms with van der Waals surface area (Å²) in [5.41, 5.74) is 0. The lowest BCUT2D eigenvalue weighted by Gasteiger charge is -2.21. The molecule has 1 unspecified atom stereocenters. The highest BCUT2D eigenvalue weighted by Crippen LogP contribution is 2.37. The minimum absolute atomic E-state index is 0. The zero-order valence-corrected chi connectivity index (χ0v) is 18.3. The third-order valence-corrected chi connectivity index (χ3v) is 6.52. The smallest absolute Gasteiger partial charge is 0.191 e. The number of nitrogens with one attached hydrogen (secondary N) is 2. The van der Waals surface area contributed by atoms with E-state index in [1.165, 1.54) is 28.5 Å². The van der Waals surface area contributed by atoms with E-state index in [2.05, 4.69) is 48.2 Å². The fourth-order valence-corrected chi connectivity index (χ4v) is 4.55. The van der Waals surface area contributed by atoms with Crippen LogP contribution >= 0.6 is 47.1 Å². The summed E-state index contributed by atoms with van der Waals surface area (Å²) in [6.07, 6.45) is 6.63. The number of aliphatic imine (C=N–C) groups is 1. The number of hydrogen-bond acceptors (Lipinski definition) is 4.